The minimum atomic E-state index is 0.983. The second-order valence-electron chi connectivity index (χ2n) is 1.54. The van der Waals surface area contributed by atoms with Gasteiger partial charge in [-0.1, -0.05) is 6.92 Å². The highest BCUT2D eigenvalue weighted by atomic mass is 32.2. The molecule has 0 spiro atoms. The first-order valence-corrected chi connectivity index (χ1v) is 3.37. The van der Waals surface area contributed by atoms with Crippen LogP contribution in [0.25, 0.3) is 0 Å². The molecule has 0 unspecified atom stereocenters. The van der Waals surface area contributed by atoms with E-state index >= 15 is 0 Å². The highest BCUT2D eigenvalue weighted by molar-refractivity contribution is 8.00. The molecule has 0 aromatic heterocycles. The van der Waals surface area contributed by atoms with Crippen molar-refractivity contribution >= 4 is 11.9 Å². The third-order valence-corrected chi connectivity index (χ3v) is 1.71. The van der Waals surface area contributed by atoms with Gasteiger partial charge in [-0.05, 0) is 18.4 Å². The molecule has 0 saturated heterocycles. The van der Waals surface area contributed by atoms with Crippen LogP contribution in [-0.4, -0.2) is 5.12 Å². The molecule has 1 rings (SSSR count). The minimum absolute atomic E-state index is 0.983. The number of hydrazine groups is 2. The Bertz CT molecular complexity index is 112. The Morgan fingerprint density at radius 1 is 2.00 bits per heavy atom. The second-order valence-corrected chi connectivity index (χ2v) is 2.20. The number of rotatable bonds is 1. The Hall–Kier alpha value is -0.190. The summed E-state index contributed by atoms with van der Waals surface area (Å²) in [6, 6.07) is 0. The van der Waals surface area contributed by atoms with Crippen LogP contribution >= 0.6 is 11.9 Å². The zero-order valence-corrected chi connectivity index (χ0v) is 5.53. The quantitative estimate of drug-likeness (QED) is 0.403. The summed E-state index contributed by atoms with van der Waals surface area (Å²) in [7, 11) is 0. The lowest BCUT2D eigenvalue weighted by molar-refractivity contribution is 0.335. The van der Waals surface area contributed by atoms with Gasteiger partial charge in [-0.3, -0.25) is 0 Å². The van der Waals surface area contributed by atoms with E-state index in [4.69, 9.17) is 5.84 Å². The van der Waals surface area contributed by atoms with Crippen LogP contribution in [0.15, 0.2) is 11.1 Å². The topological polar surface area (TPSA) is 41.3 Å². The van der Waals surface area contributed by atoms with Gasteiger partial charge in [0.05, 0.1) is 5.70 Å². The molecule has 0 bridgehead atoms. The number of nitrogens with two attached hydrogens (primary N) is 1. The summed E-state index contributed by atoms with van der Waals surface area (Å²) >= 11 is 1.50. The SMILES string of the molecule is CCC1=CSNN1N. The molecule has 0 saturated carbocycles. The van der Waals surface area contributed by atoms with Gasteiger partial charge in [0.15, 0.2) is 0 Å². The van der Waals surface area contributed by atoms with Crippen LogP contribution in [0, 0.1) is 0 Å². The number of hydrogen-bond donors (Lipinski definition) is 2. The van der Waals surface area contributed by atoms with Crippen LogP contribution in [0.2, 0.25) is 0 Å². The lowest BCUT2D eigenvalue weighted by Crippen LogP contribution is -2.34. The third-order valence-electron chi connectivity index (χ3n) is 1.02. The fourth-order valence-corrected chi connectivity index (χ4v) is 1.22. The van der Waals surface area contributed by atoms with Crippen molar-refractivity contribution in [3.05, 3.63) is 11.1 Å². The molecule has 4 heteroatoms. The van der Waals surface area contributed by atoms with E-state index in [2.05, 4.69) is 11.8 Å². The average molecular weight is 131 g/mol. The fourth-order valence-electron chi connectivity index (χ4n) is 0.520. The first-order valence-electron chi connectivity index (χ1n) is 2.49. The summed E-state index contributed by atoms with van der Waals surface area (Å²) in [6.45, 7) is 2.07. The van der Waals surface area contributed by atoms with Crippen molar-refractivity contribution in [2.45, 2.75) is 13.3 Å². The van der Waals surface area contributed by atoms with E-state index in [1.807, 2.05) is 5.41 Å². The maximum absolute atomic E-state index is 5.42. The standard InChI is InChI=1S/C4H9N3S/c1-2-4-3-8-6-7(4)5/h3,6H,2,5H2,1H3. The van der Waals surface area contributed by atoms with Gasteiger partial charge in [0.2, 0.25) is 0 Å². The predicted molar refractivity (Wildman–Crippen MR) is 35.1 cm³/mol. The average Bonchev–Trinajstić information content (AvgIpc) is 2.14. The van der Waals surface area contributed by atoms with E-state index in [1.165, 1.54) is 17.1 Å². The Labute approximate surface area is 53.0 Å². The van der Waals surface area contributed by atoms with Crippen molar-refractivity contribution in [2.75, 3.05) is 0 Å². The van der Waals surface area contributed by atoms with Gasteiger partial charge >= 0.3 is 0 Å². The molecule has 46 valence electrons. The van der Waals surface area contributed by atoms with Crippen molar-refractivity contribution < 1.29 is 0 Å². The van der Waals surface area contributed by atoms with Gasteiger partial charge in [0, 0.05) is 5.41 Å². The fraction of sp³-hybridized carbons (Fsp3) is 0.500. The van der Waals surface area contributed by atoms with Crippen LogP contribution in [0.5, 0.6) is 0 Å². The normalized spacial score (nSPS) is 19.2. The molecule has 3 N–H and O–H groups in total. The zero-order valence-electron chi connectivity index (χ0n) is 4.72. The predicted octanol–water partition coefficient (Wildman–Crippen LogP) is 0.580. The van der Waals surface area contributed by atoms with Gasteiger partial charge in [-0.25, -0.2) is 11.0 Å². The van der Waals surface area contributed by atoms with Gasteiger partial charge < -0.3 is 0 Å². The Morgan fingerprint density at radius 2 is 2.75 bits per heavy atom. The van der Waals surface area contributed by atoms with Crippen molar-refractivity contribution in [3.8, 4) is 0 Å². The highest BCUT2D eigenvalue weighted by Gasteiger charge is 2.07. The first-order chi connectivity index (χ1) is 3.84. The van der Waals surface area contributed by atoms with Gasteiger partial charge in [-0.2, -0.15) is 4.83 Å². The molecule has 3 nitrogen and oxygen atoms in total. The molecule has 0 radical (unpaired) electrons. The monoisotopic (exact) mass is 131 g/mol. The van der Waals surface area contributed by atoms with Crippen LogP contribution < -0.4 is 10.7 Å². The van der Waals surface area contributed by atoms with Crippen LogP contribution in [0.4, 0.5) is 0 Å². The van der Waals surface area contributed by atoms with E-state index in [0.717, 1.165) is 12.1 Å². The summed E-state index contributed by atoms with van der Waals surface area (Å²) < 4.78 is 0. The van der Waals surface area contributed by atoms with Gasteiger partial charge in [0.25, 0.3) is 0 Å². The van der Waals surface area contributed by atoms with E-state index in [0.29, 0.717) is 0 Å². The van der Waals surface area contributed by atoms with Crippen molar-refractivity contribution in [3.63, 3.8) is 0 Å². The van der Waals surface area contributed by atoms with E-state index in [9.17, 15) is 0 Å². The summed E-state index contributed by atoms with van der Waals surface area (Å²) in [5.41, 5.74) is 1.13. The summed E-state index contributed by atoms with van der Waals surface area (Å²) in [4.78, 5) is 2.86. The first kappa shape index (κ1) is 5.94. The Balaban J connectivity index is 2.49. The maximum Gasteiger partial charge on any atom is 0.0556 e. The molecule has 0 fully saturated rings. The number of nitrogens with one attached hydrogen (secondary N) is 1. The molecule has 1 heterocycles. The molecule has 0 aromatic rings. The van der Waals surface area contributed by atoms with E-state index in [1.54, 1.807) is 0 Å². The summed E-state index contributed by atoms with van der Waals surface area (Å²) in [5, 5.41) is 3.53. The number of nitrogens with zero attached hydrogens (tertiary/aromatic N) is 1. The van der Waals surface area contributed by atoms with Gasteiger partial charge in [-0.15, -0.1) is 0 Å². The largest absolute Gasteiger partial charge is 0.238 e. The van der Waals surface area contributed by atoms with Crippen molar-refractivity contribution in [2.24, 2.45) is 5.84 Å². The third kappa shape index (κ3) is 0.964. The van der Waals surface area contributed by atoms with E-state index < -0.39 is 0 Å². The van der Waals surface area contributed by atoms with Crippen LogP contribution in [0.3, 0.4) is 0 Å². The molecule has 0 aliphatic carbocycles. The molecular weight excluding hydrogens is 122 g/mol. The molecule has 8 heavy (non-hydrogen) atoms. The van der Waals surface area contributed by atoms with Crippen molar-refractivity contribution in [1.82, 2.24) is 9.95 Å². The highest BCUT2D eigenvalue weighted by Crippen LogP contribution is 2.15. The lowest BCUT2D eigenvalue weighted by atomic mass is 10.4. The second kappa shape index (κ2) is 2.39. The molecule has 0 amide bonds. The number of allylic oxidation sites excluding steroid dienone is 1. The molecule has 1 aliphatic heterocycles. The van der Waals surface area contributed by atoms with Crippen LogP contribution in [-0.2, 0) is 0 Å². The Morgan fingerprint density at radius 3 is 3.00 bits per heavy atom. The molecular formula is C4H9N3S. The minimum Gasteiger partial charge on any atom is -0.238 e. The van der Waals surface area contributed by atoms with Crippen molar-refractivity contribution in [1.29, 1.82) is 0 Å². The molecule has 0 aromatic carbocycles. The smallest absolute Gasteiger partial charge is 0.0556 e. The van der Waals surface area contributed by atoms with E-state index in [-0.39, 0.29) is 0 Å². The summed E-state index contributed by atoms with van der Waals surface area (Å²) in [6.07, 6.45) is 0.983. The zero-order chi connectivity index (χ0) is 5.98. The maximum atomic E-state index is 5.42. The molecule has 0 atom stereocenters. The summed E-state index contributed by atoms with van der Waals surface area (Å²) in [5.74, 6) is 5.42. The van der Waals surface area contributed by atoms with Gasteiger partial charge in [0.1, 0.15) is 0 Å². The Kier molecular flexibility index (Phi) is 1.77. The van der Waals surface area contributed by atoms with Crippen LogP contribution in [0.1, 0.15) is 13.3 Å². The molecule has 1 aliphatic rings. The number of hydrogen-bond acceptors (Lipinski definition) is 4. The lowest BCUT2D eigenvalue weighted by Gasteiger charge is -2.11.